The van der Waals surface area contributed by atoms with E-state index in [4.69, 9.17) is 11.6 Å². The molecule has 29 heavy (non-hydrogen) atoms. The molecule has 0 spiro atoms. The zero-order valence-corrected chi connectivity index (χ0v) is 16.0. The molecule has 1 fully saturated rings. The van der Waals surface area contributed by atoms with Crippen LogP contribution in [0.4, 0.5) is 17.6 Å². The summed E-state index contributed by atoms with van der Waals surface area (Å²) in [6.07, 6.45) is -2.53. The first kappa shape index (κ1) is 21.4. The fourth-order valence-electron chi connectivity index (χ4n) is 3.37. The molecule has 0 aliphatic heterocycles. The maximum Gasteiger partial charge on any atom is 0.573 e. The molecular formula is C20H19ClF4N2O2. The van der Waals surface area contributed by atoms with Gasteiger partial charge in [-0.05, 0) is 55.2 Å². The molecule has 1 aliphatic rings. The molecule has 0 unspecified atom stereocenters. The lowest BCUT2D eigenvalue weighted by Gasteiger charge is -2.15. The molecule has 2 aromatic rings. The number of carbonyl (C=O) groups excluding carboxylic acids is 1. The highest BCUT2D eigenvalue weighted by atomic mass is 35.5. The summed E-state index contributed by atoms with van der Waals surface area (Å²) < 4.78 is 54.3. The van der Waals surface area contributed by atoms with E-state index in [-0.39, 0.29) is 28.4 Å². The molecule has 4 nitrogen and oxygen atoms in total. The van der Waals surface area contributed by atoms with Gasteiger partial charge in [-0.25, -0.2) is 4.39 Å². The Morgan fingerprint density at radius 1 is 1.14 bits per heavy atom. The standard InChI is InChI=1S/C20H19ClF4N2O2/c21-14-7-13(8-15(22)9-14)19(28)27-17-5-4-16(10-17)26-11-12-2-1-3-18(6-12)29-20(23,24)25/h1-3,6-9,16-17,26H,4-5,10-11H2,(H,27,28)/t16-,17-/m1/s1. The molecule has 0 radical (unpaired) electrons. The maximum absolute atomic E-state index is 13.4. The second-order valence-corrected chi connectivity index (χ2v) is 7.35. The minimum absolute atomic E-state index is 0.0815. The summed E-state index contributed by atoms with van der Waals surface area (Å²) >= 11 is 5.78. The molecule has 156 valence electrons. The van der Waals surface area contributed by atoms with E-state index in [0.717, 1.165) is 25.0 Å². The first-order valence-electron chi connectivity index (χ1n) is 9.03. The van der Waals surface area contributed by atoms with Crippen molar-refractivity contribution in [2.24, 2.45) is 0 Å². The third-order valence-electron chi connectivity index (χ3n) is 4.62. The van der Waals surface area contributed by atoms with Crippen molar-refractivity contribution in [2.45, 2.75) is 44.3 Å². The van der Waals surface area contributed by atoms with Crippen LogP contribution in [0, 0.1) is 5.82 Å². The number of amides is 1. The van der Waals surface area contributed by atoms with Crippen molar-refractivity contribution in [1.29, 1.82) is 0 Å². The Kier molecular flexibility index (Phi) is 6.64. The average Bonchev–Trinajstić information content (AvgIpc) is 3.05. The van der Waals surface area contributed by atoms with E-state index in [1.807, 2.05) is 0 Å². The third-order valence-corrected chi connectivity index (χ3v) is 4.84. The van der Waals surface area contributed by atoms with Gasteiger partial charge in [0.25, 0.3) is 5.91 Å². The molecule has 0 aromatic heterocycles. The van der Waals surface area contributed by atoms with Crippen molar-refractivity contribution < 1.29 is 27.1 Å². The van der Waals surface area contributed by atoms with E-state index in [9.17, 15) is 22.4 Å². The van der Waals surface area contributed by atoms with Crippen LogP contribution in [0.1, 0.15) is 35.2 Å². The van der Waals surface area contributed by atoms with E-state index in [1.165, 1.54) is 24.3 Å². The van der Waals surface area contributed by atoms with Gasteiger partial charge in [0.05, 0.1) is 0 Å². The Morgan fingerprint density at radius 3 is 2.62 bits per heavy atom. The number of carbonyl (C=O) groups is 1. The van der Waals surface area contributed by atoms with Crippen molar-refractivity contribution in [2.75, 3.05) is 0 Å². The van der Waals surface area contributed by atoms with Crippen molar-refractivity contribution >= 4 is 17.5 Å². The quantitative estimate of drug-likeness (QED) is 0.646. The SMILES string of the molecule is O=C(N[C@@H]1CC[C@@H](NCc2cccc(OC(F)(F)F)c2)C1)c1cc(F)cc(Cl)c1. The predicted octanol–water partition coefficient (Wildman–Crippen LogP) is 4.82. The highest BCUT2D eigenvalue weighted by Crippen LogP contribution is 2.24. The molecule has 1 amide bonds. The average molecular weight is 431 g/mol. The Hall–Kier alpha value is -2.32. The summed E-state index contributed by atoms with van der Waals surface area (Å²) in [6.45, 7) is 0.375. The van der Waals surface area contributed by atoms with Gasteiger partial charge in [0.2, 0.25) is 0 Å². The molecule has 0 bridgehead atoms. The largest absolute Gasteiger partial charge is 0.573 e. The molecule has 3 rings (SSSR count). The summed E-state index contributed by atoms with van der Waals surface area (Å²) in [5, 5.41) is 6.29. The van der Waals surface area contributed by atoms with Crippen LogP contribution in [0.25, 0.3) is 0 Å². The van der Waals surface area contributed by atoms with Crippen LogP contribution in [0.3, 0.4) is 0 Å². The number of alkyl halides is 3. The molecule has 0 saturated heterocycles. The van der Waals surface area contributed by atoms with Crippen LogP contribution in [0.15, 0.2) is 42.5 Å². The molecule has 2 aromatic carbocycles. The lowest BCUT2D eigenvalue weighted by Crippen LogP contribution is -2.35. The van der Waals surface area contributed by atoms with E-state index >= 15 is 0 Å². The van der Waals surface area contributed by atoms with Gasteiger partial charge in [-0.1, -0.05) is 23.7 Å². The number of hydrogen-bond donors (Lipinski definition) is 2. The minimum Gasteiger partial charge on any atom is -0.406 e. The summed E-state index contributed by atoms with van der Waals surface area (Å²) in [4.78, 5) is 12.3. The molecule has 1 saturated carbocycles. The molecule has 2 atom stereocenters. The van der Waals surface area contributed by atoms with Crippen molar-refractivity contribution in [3.05, 3.63) is 64.4 Å². The zero-order chi connectivity index (χ0) is 21.0. The second kappa shape index (κ2) is 9.00. The molecule has 2 N–H and O–H groups in total. The van der Waals surface area contributed by atoms with Gasteiger partial charge in [-0.2, -0.15) is 0 Å². The molecule has 1 aliphatic carbocycles. The first-order chi connectivity index (χ1) is 13.7. The Bertz CT molecular complexity index is 856. The van der Waals surface area contributed by atoms with Crippen LogP contribution in [0.5, 0.6) is 5.75 Å². The van der Waals surface area contributed by atoms with Crippen molar-refractivity contribution in [1.82, 2.24) is 10.6 Å². The molecular weight excluding hydrogens is 412 g/mol. The lowest BCUT2D eigenvalue weighted by atomic mass is 10.1. The number of benzene rings is 2. The van der Waals surface area contributed by atoms with Gasteiger partial charge >= 0.3 is 6.36 Å². The number of hydrogen-bond acceptors (Lipinski definition) is 3. The van der Waals surface area contributed by atoms with Gasteiger partial charge in [0.15, 0.2) is 0 Å². The number of rotatable bonds is 6. The Labute approximate surface area is 170 Å². The summed E-state index contributed by atoms with van der Waals surface area (Å²) in [5.41, 5.74) is 0.821. The monoisotopic (exact) mass is 430 g/mol. The highest BCUT2D eigenvalue weighted by molar-refractivity contribution is 6.31. The normalized spacial score (nSPS) is 19.2. The molecule has 9 heteroatoms. The van der Waals surface area contributed by atoms with E-state index in [0.29, 0.717) is 18.5 Å². The second-order valence-electron chi connectivity index (χ2n) is 6.91. The Balaban J connectivity index is 1.49. The zero-order valence-electron chi connectivity index (χ0n) is 15.2. The van der Waals surface area contributed by atoms with Gasteiger partial charge in [-0.15, -0.1) is 13.2 Å². The van der Waals surface area contributed by atoms with E-state index in [2.05, 4.69) is 15.4 Å². The van der Waals surface area contributed by atoms with Gasteiger partial charge in [0.1, 0.15) is 11.6 Å². The third kappa shape index (κ3) is 6.61. The summed E-state index contributed by atoms with van der Waals surface area (Å²) in [6, 6.07) is 9.47. The maximum atomic E-state index is 13.4. The highest BCUT2D eigenvalue weighted by Gasteiger charge is 2.31. The van der Waals surface area contributed by atoms with Crippen LogP contribution < -0.4 is 15.4 Å². The first-order valence-corrected chi connectivity index (χ1v) is 9.41. The van der Waals surface area contributed by atoms with Crippen molar-refractivity contribution in [3.63, 3.8) is 0 Å². The number of ether oxygens (including phenoxy) is 1. The van der Waals surface area contributed by atoms with E-state index in [1.54, 1.807) is 6.07 Å². The van der Waals surface area contributed by atoms with Gasteiger partial charge in [0, 0.05) is 29.2 Å². The summed E-state index contributed by atoms with van der Waals surface area (Å²) in [5.74, 6) is -1.23. The fraction of sp³-hybridized carbons (Fsp3) is 0.350. The Morgan fingerprint density at radius 2 is 1.90 bits per heavy atom. The number of nitrogens with one attached hydrogen (secondary N) is 2. The van der Waals surface area contributed by atoms with Gasteiger partial charge in [-0.3, -0.25) is 4.79 Å². The van der Waals surface area contributed by atoms with Gasteiger partial charge < -0.3 is 15.4 Å². The van der Waals surface area contributed by atoms with Crippen LogP contribution >= 0.6 is 11.6 Å². The lowest BCUT2D eigenvalue weighted by molar-refractivity contribution is -0.274. The van der Waals surface area contributed by atoms with Crippen LogP contribution in [-0.2, 0) is 6.54 Å². The van der Waals surface area contributed by atoms with Crippen molar-refractivity contribution in [3.8, 4) is 5.75 Å². The predicted molar refractivity (Wildman–Crippen MR) is 100 cm³/mol. The topological polar surface area (TPSA) is 50.4 Å². The minimum atomic E-state index is -4.73. The van der Waals surface area contributed by atoms with Crippen LogP contribution in [-0.4, -0.2) is 24.4 Å². The fourth-order valence-corrected chi connectivity index (χ4v) is 3.59. The van der Waals surface area contributed by atoms with Crippen LogP contribution in [0.2, 0.25) is 5.02 Å². The van der Waals surface area contributed by atoms with E-state index < -0.39 is 18.1 Å². The molecule has 0 heterocycles. The summed E-state index contributed by atoms with van der Waals surface area (Å²) in [7, 11) is 0. The smallest absolute Gasteiger partial charge is 0.406 e. The number of halogens is 5.